The lowest BCUT2D eigenvalue weighted by Gasteiger charge is -2.10. The highest BCUT2D eigenvalue weighted by molar-refractivity contribution is 7.26. The van der Waals surface area contributed by atoms with Crippen LogP contribution in [0.25, 0.3) is 102 Å². The number of rotatable bonds is 4. The summed E-state index contributed by atoms with van der Waals surface area (Å²) in [5, 5.41) is 6.30. The minimum Gasteiger partial charge on any atom is -0.309 e. The van der Waals surface area contributed by atoms with E-state index >= 15 is 0 Å². The summed E-state index contributed by atoms with van der Waals surface area (Å²) in [6.07, 6.45) is 1.92. The molecule has 0 amide bonds. The fourth-order valence-electron chi connectivity index (χ4n) is 7.70. The van der Waals surface area contributed by atoms with Crippen LogP contribution in [0.2, 0.25) is 0 Å². The third-order valence-corrected chi connectivity index (χ3v) is 12.3. The van der Waals surface area contributed by atoms with Gasteiger partial charge in [-0.3, -0.25) is 0 Å². The number of hydrogen-bond acceptors (Lipinski definition) is 4. The maximum absolute atomic E-state index is 5.22. The van der Waals surface area contributed by atoms with E-state index < -0.39 is 0 Å². The monoisotopic (exact) mass is 685 g/mol. The third-order valence-electron chi connectivity index (χ3n) is 10.1. The lowest BCUT2D eigenvalue weighted by molar-refractivity contribution is 1.18. The molecule has 7 aromatic carbocycles. The summed E-state index contributed by atoms with van der Waals surface area (Å²) in [6.45, 7) is 0. The molecule has 0 atom stereocenters. The summed E-state index contributed by atoms with van der Waals surface area (Å²) in [6, 6.07) is 56.9. The number of thiophene rings is 2. The van der Waals surface area contributed by atoms with Crippen LogP contribution < -0.4 is 0 Å². The first-order chi connectivity index (χ1) is 25.3. The molecule has 238 valence electrons. The van der Waals surface area contributed by atoms with Gasteiger partial charge in [-0.25, -0.2) is 9.97 Å². The Morgan fingerprint density at radius 1 is 0.451 bits per heavy atom. The second-order valence-corrected chi connectivity index (χ2v) is 15.1. The number of benzene rings is 7. The summed E-state index contributed by atoms with van der Waals surface area (Å²) in [5.74, 6) is 0. The Hall–Kier alpha value is -6.14. The van der Waals surface area contributed by atoms with E-state index in [9.17, 15) is 0 Å². The summed E-state index contributed by atoms with van der Waals surface area (Å²) < 4.78 is 6.19. The van der Waals surface area contributed by atoms with E-state index in [2.05, 4.69) is 162 Å². The van der Waals surface area contributed by atoms with Gasteiger partial charge in [0.15, 0.2) is 0 Å². The lowest BCUT2D eigenvalue weighted by Crippen LogP contribution is -1.94. The number of nitrogens with zero attached hydrogens (tertiary/aromatic N) is 3. The maximum atomic E-state index is 5.22. The highest BCUT2D eigenvalue weighted by Gasteiger charge is 2.15. The quantitative estimate of drug-likeness (QED) is 0.185. The van der Waals surface area contributed by atoms with Gasteiger partial charge >= 0.3 is 0 Å². The Kier molecular flexibility index (Phi) is 6.29. The molecule has 51 heavy (non-hydrogen) atoms. The zero-order chi connectivity index (χ0) is 33.5. The Balaban J connectivity index is 0.977. The fourth-order valence-corrected chi connectivity index (χ4v) is 9.96. The van der Waals surface area contributed by atoms with Gasteiger partial charge in [0.25, 0.3) is 0 Å². The molecule has 4 heterocycles. The molecule has 0 aliphatic carbocycles. The number of fused-ring (bicyclic) bond motifs is 9. The molecule has 4 aromatic heterocycles. The number of hydrogen-bond donors (Lipinski definition) is 0. The Morgan fingerprint density at radius 2 is 1.14 bits per heavy atom. The zero-order valence-electron chi connectivity index (χ0n) is 27.2. The largest absolute Gasteiger partial charge is 0.309 e. The van der Waals surface area contributed by atoms with E-state index in [-0.39, 0.29) is 0 Å². The van der Waals surface area contributed by atoms with Gasteiger partial charge in [0.05, 0.1) is 22.9 Å². The molecule has 0 bridgehead atoms. The number of aromatic nitrogens is 3. The van der Waals surface area contributed by atoms with Gasteiger partial charge in [-0.2, -0.15) is 0 Å². The highest BCUT2D eigenvalue weighted by Crippen LogP contribution is 2.41. The van der Waals surface area contributed by atoms with Crippen LogP contribution in [0.5, 0.6) is 0 Å². The van der Waals surface area contributed by atoms with E-state index in [1.807, 2.05) is 17.5 Å². The molecule has 0 fully saturated rings. The van der Waals surface area contributed by atoms with Gasteiger partial charge in [-0.05, 0) is 64.7 Å². The molecule has 0 spiro atoms. The van der Waals surface area contributed by atoms with Crippen molar-refractivity contribution in [3.8, 4) is 39.2 Å². The van der Waals surface area contributed by atoms with Crippen molar-refractivity contribution in [2.24, 2.45) is 0 Å². The molecule has 0 aliphatic rings. The van der Waals surface area contributed by atoms with E-state index in [4.69, 9.17) is 9.97 Å². The summed E-state index contributed by atoms with van der Waals surface area (Å²) in [4.78, 5) is 11.1. The van der Waals surface area contributed by atoms with E-state index in [0.29, 0.717) is 0 Å². The Morgan fingerprint density at radius 3 is 2.00 bits per heavy atom. The van der Waals surface area contributed by atoms with Crippen LogP contribution in [0.15, 0.2) is 164 Å². The maximum Gasteiger partial charge on any atom is 0.143 e. The predicted molar refractivity (Wildman–Crippen MR) is 218 cm³/mol. The molecular weight excluding hydrogens is 659 g/mol. The summed E-state index contributed by atoms with van der Waals surface area (Å²) in [7, 11) is 0. The van der Waals surface area contributed by atoms with Crippen LogP contribution in [0.1, 0.15) is 0 Å². The van der Waals surface area contributed by atoms with E-state index in [0.717, 1.165) is 32.7 Å². The molecule has 3 nitrogen and oxygen atoms in total. The summed E-state index contributed by atoms with van der Waals surface area (Å²) in [5.41, 5.74) is 11.3. The van der Waals surface area contributed by atoms with Crippen LogP contribution in [0.3, 0.4) is 0 Å². The number of para-hydroxylation sites is 2. The predicted octanol–water partition coefficient (Wildman–Crippen LogP) is 13.3. The molecule has 11 aromatic rings. The zero-order valence-corrected chi connectivity index (χ0v) is 28.9. The normalized spacial score (nSPS) is 11.9. The molecule has 11 rings (SSSR count). The molecule has 5 heteroatoms. The van der Waals surface area contributed by atoms with Crippen LogP contribution >= 0.6 is 22.7 Å². The van der Waals surface area contributed by atoms with E-state index in [1.54, 1.807) is 11.3 Å². The minimum atomic E-state index is 0.885. The van der Waals surface area contributed by atoms with Gasteiger partial charge in [-0.15, -0.1) is 22.7 Å². The van der Waals surface area contributed by atoms with Crippen molar-refractivity contribution in [3.05, 3.63) is 164 Å². The first-order valence-corrected chi connectivity index (χ1v) is 18.7. The van der Waals surface area contributed by atoms with Crippen LogP contribution in [0.4, 0.5) is 0 Å². The molecule has 0 aliphatic heterocycles. The van der Waals surface area contributed by atoms with Crippen molar-refractivity contribution >= 4 is 85.1 Å². The first kappa shape index (κ1) is 28.7. The lowest BCUT2D eigenvalue weighted by atomic mass is 10.00. The smallest absolute Gasteiger partial charge is 0.143 e. The van der Waals surface area contributed by atoms with Crippen molar-refractivity contribution in [2.45, 2.75) is 0 Å². The van der Waals surface area contributed by atoms with Crippen LogP contribution in [-0.4, -0.2) is 14.5 Å². The fraction of sp³-hybridized carbons (Fsp3) is 0. The van der Waals surface area contributed by atoms with Gasteiger partial charge in [-0.1, -0.05) is 115 Å². The average molecular weight is 686 g/mol. The van der Waals surface area contributed by atoms with Gasteiger partial charge < -0.3 is 4.57 Å². The Bertz CT molecular complexity index is 3110. The van der Waals surface area contributed by atoms with Crippen LogP contribution in [0, 0.1) is 0 Å². The first-order valence-electron chi connectivity index (χ1n) is 17.1. The topological polar surface area (TPSA) is 30.7 Å². The molecule has 0 saturated carbocycles. The van der Waals surface area contributed by atoms with Gasteiger partial charge in [0.1, 0.15) is 10.3 Å². The third kappa shape index (κ3) is 4.49. The van der Waals surface area contributed by atoms with Crippen LogP contribution in [-0.2, 0) is 0 Å². The molecule has 0 N–H and O–H groups in total. The second kappa shape index (κ2) is 11.2. The SMILES string of the molecule is c1cc(-c2cnc3sc4cc(-c5cccc(-n6c7ccccc7c7ccccc76)c5)ccc4c3n2)cc(-c2cccc3c2sc2ccccc23)c1. The highest BCUT2D eigenvalue weighted by atomic mass is 32.1. The van der Waals surface area contributed by atoms with Crippen molar-refractivity contribution in [1.82, 2.24) is 14.5 Å². The average Bonchev–Trinajstić information content (AvgIpc) is 3.87. The van der Waals surface area contributed by atoms with Gasteiger partial charge in [0.2, 0.25) is 0 Å². The Labute approximate surface area is 301 Å². The second-order valence-electron chi connectivity index (χ2n) is 13.0. The standard InChI is InChI=1S/C46H27N3S2/c1-4-19-40-34(14-1)35-15-2-5-20-41(35)49(40)32-13-8-10-28(25-32)29-22-23-38-43(26-29)51-46-44(38)48-39(27-47-46)31-12-7-11-30(24-31)33-17-9-18-37-36-16-3-6-21-42(36)50-45(33)37/h1-27H. The molecule has 0 unspecified atom stereocenters. The van der Waals surface area contributed by atoms with Crippen molar-refractivity contribution in [2.75, 3.05) is 0 Å². The molecule has 0 radical (unpaired) electrons. The minimum absolute atomic E-state index is 0.885. The molecular formula is C46H27N3S2. The summed E-state index contributed by atoms with van der Waals surface area (Å²) >= 11 is 3.57. The molecule has 0 saturated heterocycles. The van der Waals surface area contributed by atoms with Crippen molar-refractivity contribution in [1.29, 1.82) is 0 Å². The van der Waals surface area contributed by atoms with Gasteiger partial charge in [0, 0.05) is 52.3 Å². The van der Waals surface area contributed by atoms with E-state index in [1.165, 1.54) is 68.9 Å². The van der Waals surface area contributed by atoms with Crippen molar-refractivity contribution < 1.29 is 0 Å². The van der Waals surface area contributed by atoms with Crippen molar-refractivity contribution in [3.63, 3.8) is 0 Å².